The van der Waals surface area contributed by atoms with Gasteiger partial charge in [0.15, 0.2) is 0 Å². The van der Waals surface area contributed by atoms with E-state index in [1.807, 2.05) is 6.92 Å². The van der Waals surface area contributed by atoms with Gasteiger partial charge in [0.05, 0.1) is 6.10 Å². The van der Waals surface area contributed by atoms with Crippen LogP contribution in [0, 0.1) is 0 Å². The molecule has 1 aromatic rings. The molecular formula is C7H14N4O3S. The minimum absolute atomic E-state index is 0.0908. The summed E-state index contributed by atoms with van der Waals surface area (Å²) in [6, 6.07) is 0. The van der Waals surface area contributed by atoms with Gasteiger partial charge in [-0.25, -0.2) is 18.5 Å². The maximum absolute atomic E-state index is 10.8. The lowest BCUT2D eigenvalue weighted by molar-refractivity contribution is 0.111. The monoisotopic (exact) mass is 234 g/mol. The number of nitrogens with two attached hydrogens (primary N) is 1. The zero-order valence-electron chi connectivity index (χ0n) is 8.60. The summed E-state index contributed by atoms with van der Waals surface area (Å²) in [7, 11) is -2.20. The first-order valence-electron chi connectivity index (χ1n) is 4.40. The Balaban J connectivity index is 2.62. The molecule has 0 fully saturated rings. The van der Waals surface area contributed by atoms with Crippen molar-refractivity contribution in [1.82, 2.24) is 15.2 Å². The molecule has 0 aromatic carbocycles. The Bertz CT molecular complexity index is 414. The Hall–Kier alpha value is -0.990. The van der Waals surface area contributed by atoms with E-state index in [1.165, 1.54) is 0 Å². The van der Waals surface area contributed by atoms with Gasteiger partial charge in [-0.3, -0.25) is 5.10 Å². The summed E-state index contributed by atoms with van der Waals surface area (Å²) in [5.41, 5.74) is 0. The maximum Gasteiger partial charge on any atom is 0.282 e. The highest BCUT2D eigenvalue weighted by Gasteiger charge is 2.14. The van der Waals surface area contributed by atoms with Gasteiger partial charge in [-0.05, 0) is 13.3 Å². The van der Waals surface area contributed by atoms with Gasteiger partial charge in [-0.1, -0.05) is 0 Å². The molecule has 0 radical (unpaired) electrons. The highest BCUT2D eigenvalue weighted by atomic mass is 32.2. The van der Waals surface area contributed by atoms with Crippen molar-refractivity contribution in [3.63, 3.8) is 0 Å². The second kappa shape index (κ2) is 4.69. The first-order valence-corrected chi connectivity index (χ1v) is 5.95. The number of aromatic nitrogens is 3. The molecule has 7 nitrogen and oxygen atoms in total. The van der Waals surface area contributed by atoms with Gasteiger partial charge in [0.25, 0.3) is 15.2 Å². The Morgan fingerprint density at radius 1 is 1.60 bits per heavy atom. The quantitative estimate of drug-likeness (QED) is 0.708. The van der Waals surface area contributed by atoms with Crippen molar-refractivity contribution in [2.45, 2.75) is 31.0 Å². The number of sulfonamides is 1. The van der Waals surface area contributed by atoms with Gasteiger partial charge < -0.3 is 4.74 Å². The van der Waals surface area contributed by atoms with Crippen molar-refractivity contribution in [3.05, 3.63) is 5.82 Å². The fraction of sp³-hybridized carbons (Fsp3) is 0.714. The van der Waals surface area contributed by atoms with Crippen LogP contribution in [0.25, 0.3) is 0 Å². The van der Waals surface area contributed by atoms with Crippen LogP contribution in [0.4, 0.5) is 0 Å². The molecule has 1 aromatic heterocycles. The summed E-state index contributed by atoms with van der Waals surface area (Å²) >= 11 is 0. The molecule has 0 aliphatic rings. The first kappa shape index (κ1) is 12.1. The van der Waals surface area contributed by atoms with Crippen molar-refractivity contribution < 1.29 is 13.2 Å². The first-order chi connectivity index (χ1) is 6.93. The number of nitrogens with one attached hydrogen (secondary N) is 1. The van der Waals surface area contributed by atoms with Crippen LogP contribution in [0.15, 0.2) is 5.16 Å². The lowest BCUT2D eigenvalue weighted by Gasteiger charge is -2.06. The summed E-state index contributed by atoms with van der Waals surface area (Å²) in [4.78, 5) is 3.75. The molecule has 0 aliphatic carbocycles. The van der Waals surface area contributed by atoms with E-state index in [9.17, 15) is 8.42 Å². The van der Waals surface area contributed by atoms with Gasteiger partial charge in [0.1, 0.15) is 5.82 Å². The van der Waals surface area contributed by atoms with Gasteiger partial charge in [0, 0.05) is 13.5 Å². The van der Waals surface area contributed by atoms with E-state index in [4.69, 9.17) is 9.88 Å². The van der Waals surface area contributed by atoms with E-state index in [1.54, 1.807) is 7.11 Å². The second-order valence-corrected chi connectivity index (χ2v) is 4.65. The number of hydrogen-bond acceptors (Lipinski definition) is 5. The van der Waals surface area contributed by atoms with E-state index in [0.717, 1.165) is 6.42 Å². The van der Waals surface area contributed by atoms with Crippen molar-refractivity contribution in [1.29, 1.82) is 0 Å². The number of aromatic amines is 1. The van der Waals surface area contributed by atoms with Gasteiger partial charge in [-0.15, -0.1) is 5.10 Å². The van der Waals surface area contributed by atoms with E-state index in [-0.39, 0.29) is 11.3 Å². The molecule has 1 heterocycles. The van der Waals surface area contributed by atoms with Crippen LogP contribution in [-0.4, -0.2) is 36.8 Å². The molecular weight excluding hydrogens is 220 g/mol. The number of rotatable bonds is 5. The lowest BCUT2D eigenvalue weighted by Crippen LogP contribution is -2.14. The molecule has 86 valence electrons. The molecule has 0 spiro atoms. The lowest BCUT2D eigenvalue weighted by atomic mass is 10.2. The molecule has 0 saturated heterocycles. The molecule has 0 amide bonds. The third-order valence-corrected chi connectivity index (χ3v) is 2.65. The SMILES string of the molecule is COC(C)CCc1nc(S(N)(=O)=O)n[nH]1. The van der Waals surface area contributed by atoms with Crippen LogP contribution in [0.2, 0.25) is 0 Å². The minimum atomic E-state index is -3.81. The average Bonchev–Trinajstić information content (AvgIpc) is 2.61. The van der Waals surface area contributed by atoms with Crippen molar-refractivity contribution >= 4 is 10.0 Å². The summed E-state index contributed by atoms with van der Waals surface area (Å²) in [5, 5.41) is 10.5. The van der Waals surface area contributed by atoms with E-state index in [2.05, 4.69) is 15.2 Å². The Morgan fingerprint density at radius 2 is 2.27 bits per heavy atom. The topological polar surface area (TPSA) is 111 Å². The van der Waals surface area contributed by atoms with E-state index in [0.29, 0.717) is 12.2 Å². The maximum atomic E-state index is 10.8. The number of methoxy groups -OCH3 is 1. The number of hydrogen-bond donors (Lipinski definition) is 2. The van der Waals surface area contributed by atoms with E-state index < -0.39 is 10.0 Å². The molecule has 3 N–H and O–H groups in total. The van der Waals surface area contributed by atoms with E-state index >= 15 is 0 Å². The third-order valence-electron chi connectivity index (χ3n) is 1.96. The number of aryl methyl sites for hydroxylation is 1. The highest BCUT2D eigenvalue weighted by molar-refractivity contribution is 7.89. The van der Waals surface area contributed by atoms with Gasteiger partial charge in [0.2, 0.25) is 0 Å². The van der Waals surface area contributed by atoms with Crippen LogP contribution < -0.4 is 5.14 Å². The summed E-state index contributed by atoms with van der Waals surface area (Å²) in [6.45, 7) is 1.91. The molecule has 15 heavy (non-hydrogen) atoms. The summed E-state index contributed by atoms with van der Waals surface area (Å²) < 4.78 is 26.7. The zero-order valence-corrected chi connectivity index (χ0v) is 9.41. The van der Waals surface area contributed by atoms with Crippen molar-refractivity contribution in [2.75, 3.05) is 7.11 Å². The van der Waals surface area contributed by atoms with Crippen LogP contribution in [0.3, 0.4) is 0 Å². The number of ether oxygens (including phenoxy) is 1. The number of H-pyrrole nitrogens is 1. The molecule has 0 bridgehead atoms. The molecule has 1 atom stereocenters. The van der Waals surface area contributed by atoms with Crippen LogP contribution >= 0.6 is 0 Å². The van der Waals surface area contributed by atoms with Gasteiger partial charge in [-0.2, -0.15) is 0 Å². The minimum Gasteiger partial charge on any atom is -0.382 e. The zero-order chi connectivity index (χ0) is 11.5. The third kappa shape index (κ3) is 3.57. The molecule has 8 heteroatoms. The average molecular weight is 234 g/mol. The molecule has 0 saturated carbocycles. The summed E-state index contributed by atoms with van der Waals surface area (Å²) in [6.07, 6.45) is 1.39. The Labute approximate surface area is 88.1 Å². The Morgan fingerprint density at radius 3 is 2.73 bits per heavy atom. The normalized spacial score (nSPS) is 14.1. The van der Waals surface area contributed by atoms with Crippen LogP contribution in [-0.2, 0) is 21.2 Å². The Kier molecular flexibility index (Phi) is 3.77. The van der Waals surface area contributed by atoms with Crippen molar-refractivity contribution in [2.24, 2.45) is 5.14 Å². The standard InChI is InChI=1S/C7H14N4O3S/c1-5(14-2)3-4-6-9-7(11-10-6)15(8,12)13/h5H,3-4H2,1-2H3,(H2,8,12,13)(H,9,10,11). The smallest absolute Gasteiger partial charge is 0.282 e. The fourth-order valence-corrected chi connectivity index (χ4v) is 1.38. The highest BCUT2D eigenvalue weighted by Crippen LogP contribution is 2.04. The fourth-order valence-electron chi connectivity index (χ4n) is 0.975. The van der Waals surface area contributed by atoms with Gasteiger partial charge >= 0.3 is 0 Å². The summed E-state index contributed by atoms with van der Waals surface area (Å²) in [5.74, 6) is 0.489. The predicted octanol–water partition coefficient (Wildman–Crippen LogP) is -0.580. The van der Waals surface area contributed by atoms with Crippen molar-refractivity contribution in [3.8, 4) is 0 Å². The van der Waals surface area contributed by atoms with Crippen LogP contribution in [0.5, 0.6) is 0 Å². The largest absolute Gasteiger partial charge is 0.382 e. The number of nitrogens with zero attached hydrogens (tertiary/aromatic N) is 2. The predicted molar refractivity (Wildman–Crippen MR) is 52.5 cm³/mol. The van der Waals surface area contributed by atoms with Crippen LogP contribution in [0.1, 0.15) is 19.2 Å². The molecule has 1 rings (SSSR count). The molecule has 1 unspecified atom stereocenters. The number of primary sulfonamides is 1. The molecule has 0 aliphatic heterocycles. The second-order valence-electron chi connectivity index (χ2n) is 3.19.